The van der Waals surface area contributed by atoms with Gasteiger partial charge in [-0.05, 0) is 44.1 Å². The van der Waals surface area contributed by atoms with Crippen molar-refractivity contribution >= 4 is 5.91 Å². The summed E-state index contributed by atoms with van der Waals surface area (Å²) in [6.07, 6.45) is 13.9. The number of carbonyl (C=O) groups is 1. The van der Waals surface area contributed by atoms with Gasteiger partial charge in [0.15, 0.2) is 5.76 Å². The van der Waals surface area contributed by atoms with Gasteiger partial charge in [-0.15, -0.1) is 0 Å². The van der Waals surface area contributed by atoms with Gasteiger partial charge in [0, 0.05) is 31.1 Å². The molecule has 1 aliphatic carbocycles. The fourth-order valence-corrected chi connectivity index (χ4v) is 3.68. The smallest absolute Gasteiger partial charge is 0.289 e. The predicted molar refractivity (Wildman–Crippen MR) is 88.8 cm³/mol. The third-order valence-corrected chi connectivity index (χ3v) is 4.84. The highest BCUT2D eigenvalue weighted by Crippen LogP contribution is 2.35. The Morgan fingerprint density at radius 2 is 2.22 bits per heavy atom. The minimum atomic E-state index is -0.205. The van der Waals surface area contributed by atoms with Gasteiger partial charge in [-0.3, -0.25) is 4.79 Å². The van der Waals surface area contributed by atoms with Gasteiger partial charge in [-0.25, -0.2) is 4.98 Å². The number of amides is 1. The summed E-state index contributed by atoms with van der Waals surface area (Å²) < 4.78 is 2.02. The molecule has 0 bridgehead atoms. The molecule has 0 fully saturated rings. The minimum absolute atomic E-state index is 0.0180. The molecule has 1 unspecified atom stereocenters. The highest BCUT2D eigenvalue weighted by molar-refractivity contribution is 5.96. The summed E-state index contributed by atoms with van der Waals surface area (Å²) in [5.41, 5.74) is 2.21. The van der Waals surface area contributed by atoms with Gasteiger partial charge in [0.25, 0.3) is 5.91 Å². The van der Waals surface area contributed by atoms with E-state index in [9.17, 15) is 9.90 Å². The number of aryl methyl sites for hydroxylation is 1. The third kappa shape index (κ3) is 3.19. The quantitative estimate of drug-likeness (QED) is 0.820. The molecular weight excluding hydrogens is 290 g/mol. The summed E-state index contributed by atoms with van der Waals surface area (Å²) in [5, 5.41) is 10.3. The summed E-state index contributed by atoms with van der Waals surface area (Å²) in [6, 6.07) is -0.0180. The van der Waals surface area contributed by atoms with Crippen LogP contribution in [0.1, 0.15) is 45.4 Å². The fourth-order valence-electron chi connectivity index (χ4n) is 3.68. The Kier molecular flexibility index (Phi) is 4.84. The topological polar surface area (TPSA) is 58.4 Å². The Morgan fingerprint density at radius 1 is 1.35 bits per heavy atom. The summed E-state index contributed by atoms with van der Waals surface area (Å²) in [5.74, 6) is -0.226. The lowest BCUT2D eigenvalue weighted by molar-refractivity contribution is -0.129. The number of rotatable bonds is 6. The van der Waals surface area contributed by atoms with E-state index in [1.165, 1.54) is 18.4 Å². The molecule has 1 atom stereocenters. The number of nitrogens with zero attached hydrogens (tertiary/aromatic N) is 3. The van der Waals surface area contributed by atoms with Gasteiger partial charge in [-0.2, -0.15) is 0 Å². The van der Waals surface area contributed by atoms with Crippen LogP contribution in [0.5, 0.6) is 0 Å². The van der Waals surface area contributed by atoms with E-state index in [0.717, 1.165) is 37.8 Å². The highest BCUT2D eigenvalue weighted by atomic mass is 16.3. The number of allylic oxidation sites excluding steroid dienone is 1. The number of aliphatic hydroxyl groups excluding tert-OH is 1. The standard InChI is InChI=1S/C18H25N3O2/c1-2-15-16(14-7-4-3-5-8-14)21(18(23)17(15)22)11-6-10-20-12-9-19-13-20/h7,9,12-13,16,22H,2-6,8,10-11H2,1H3. The first-order chi connectivity index (χ1) is 11.2. The van der Waals surface area contributed by atoms with Crippen molar-refractivity contribution in [2.24, 2.45) is 0 Å². The number of aliphatic hydroxyl groups is 1. The van der Waals surface area contributed by atoms with Crippen molar-refractivity contribution in [3.63, 3.8) is 0 Å². The zero-order chi connectivity index (χ0) is 16.2. The second-order valence-corrected chi connectivity index (χ2v) is 6.31. The number of hydrogen-bond donors (Lipinski definition) is 1. The molecule has 0 saturated heterocycles. The molecule has 0 aromatic carbocycles. The van der Waals surface area contributed by atoms with Gasteiger partial charge < -0.3 is 14.6 Å². The van der Waals surface area contributed by atoms with Crippen molar-refractivity contribution in [1.29, 1.82) is 0 Å². The van der Waals surface area contributed by atoms with E-state index in [1.807, 2.05) is 22.6 Å². The van der Waals surface area contributed by atoms with Crippen LogP contribution < -0.4 is 0 Å². The van der Waals surface area contributed by atoms with Crippen LogP contribution in [0, 0.1) is 0 Å². The first kappa shape index (κ1) is 15.8. The summed E-state index contributed by atoms with van der Waals surface area (Å²) in [4.78, 5) is 18.4. The average Bonchev–Trinajstić information content (AvgIpc) is 3.17. The molecule has 5 nitrogen and oxygen atoms in total. The van der Waals surface area contributed by atoms with Gasteiger partial charge in [0.2, 0.25) is 0 Å². The van der Waals surface area contributed by atoms with E-state index in [0.29, 0.717) is 6.54 Å². The molecule has 23 heavy (non-hydrogen) atoms. The molecule has 0 spiro atoms. The van der Waals surface area contributed by atoms with E-state index < -0.39 is 0 Å². The van der Waals surface area contributed by atoms with Crippen molar-refractivity contribution in [2.45, 2.75) is 58.0 Å². The van der Waals surface area contributed by atoms with Gasteiger partial charge >= 0.3 is 0 Å². The fraction of sp³-hybridized carbons (Fsp3) is 0.556. The molecule has 2 aliphatic rings. The molecule has 1 aliphatic heterocycles. The molecule has 1 aromatic rings. The number of carbonyl (C=O) groups excluding carboxylic acids is 1. The van der Waals surface area contributed by atoms with Crippen LogP contribution in [0.15, 0.2) is 41.7 Å². The van der Waals surface area contributed by atoms with Crippen LogP contribution in [-0.2, 0) is 11.3 Å². The lowest BCUT2D eigenvalue weighted by Gasteiger charge is -2.30. The Balaban J connectivity index is 1.73. The number of hydrogen-bond acceptors (Lipinski definition) is 3. The van der Waals surface area contributed by atoms with Crippen LogP contribution in [0.3, 0.4) is 0 Å². The Hall–Kier alpha value is -2.04. The molecule has 5 heteroatoms. The van der Waals surface area contributed by atoms with Crippen LogP contribution in [0.2, 0.25) is 0 Å². The molecule has 1 amide bonds. The minimum Gasteiger partial charge on any atom is -0.503 e. The van der Waals surface area contributed by atoms with Crippen LogP contribution >= 0.6 is 0 Å². The van der Waals surface area contributed by atoms with Crippen molar-refractivity contribution in [3.05, 3.63) is 41.7 Å². The largest absolute Gasteiger partial charge is 0.503 e. The zero-order valence-electron chi connectivity index (χ0n) is 13.7. The monoisotopic (exact) mass is 315 g/mol. The second kappa shape index (κ2) is 7.02. The van der Waals surface area contributed by atoms with Crippen LogP contribution in [0.25, 0.3) is 0 Å². The van der Waals surface area contributed by atoms with Gasteiger partial charge in [-0.1, -0.05) is 13.0 Å². The Bertz CT molecular complexity index is 616. The van der Waals surface area contributed by atoms with E-state index in [-0.39, 0.29) is 17.7 Å². The van der Waals surface area contributed by atoms with Crippen molar-refractivity contribution in [1.82, 2.24) is 14.5 Å². The van der Waals surface area contributed by atoms with E-state index in [4.69, 9.17) is 0 Å². The van der Waals surface area contributed by atoms with Crippen molar-refractivity contribution in [2.75, 3.05) is 6.54 Å². The highest BCUT2D eigenvalue weighted by Gasteiger charge is 2.39. The van der Waals surface area contributed by atoms with Crippen molar-refractivity contribution < 1.29 is 9.90 Å². The maximum atomic E-state index is 12.5. The maximum absolute atomic E-state index is 12.5. The van der Waals surface area contributed by atoms with Gasteiger partial charge in [0.1, 0.15) is 0 Å². The summed E-state index contributed by atoms with van der Waals surface area (Å²) >= 11 is 0. The predicted octanol–water partition coefficient (Wildman–Crippen LogP) is 3.21. The summed E-state index contributed by atoms with van der Waals surface area (Å²) in [7, 11) is 0. The average molecular weight is 315 g/mol. The number of imidazole rings is 1. The molecule has 3 rings (SSSR count). The zero-order valence-corrected chi connectivity index (χ0v) is 13.7. The first-order valence-corrected chi connectivity index (χ1v) is 8.60. The molecule has 0 radical (unpaired) electrons. The van der Waals surface area contributed by atoms with Crippen LogP contribution in [0.4, 0.5) is 0 Å². The Morgan fingerprint density at radius 3 is 2.87 bits per heavy atom. The van der Waals surface area contributed by atoms with Gasteiger partial charge in [0.05, 0.1) is 12.4 Å². The van der Waals surface area contributed by atoms with E-state index in [2.05, 4.69) is 11.1 Å². The van der Waals surface area contributed by atoms with Crippen molar-refractivity contribution in [3.8, 4) is 0 Å². The number of aromatic nitrogens is 2. The maximum Gasteiger partial charge on any atom is 0.289 e. The van der Waals surface area contributed by atoms with E-state index in [1.54, 1.807) is 12.5 Å². The van der Waals surface area contributed by atoms with Crippen LogP contribution in [-0.4, -0.2) is 38.1 Å². The lowest BCUT2D eigenvalue weighted by atomic mass is 9.89. The third-order valence-electron chi connectivity index (χ3n) is 4.84. The molecule has 1 N–H and O–H groups in total. The molecular formula is C18H25N3O2. The SMILES string of the molecule is CCC1=C(O)C(=O)N(CCCn2ccnc2)C1C1=CCCCC1. The Labute approximate surface area is 137 Å². The lowest BCUT2D eigenvalue weighted by Crippen LogP contribution is -2.38. The second-order valence-electron chi connectivity index (χ2n) is 6.31. The molecule has 124 valence electrons. The molecule has 2 heterocycles. The molecule has 0 saturated carbocycles. The normalized spacial score (nSPS) is 22.0. The molecule has 1 aromatic heterocycles. The first-order valence-electron chi connectivity index (χ1n) is 8.60. The van der Waals surface area contributed by atoms with E-state index >= 15 is 0 Å². The summed E-state index contributed by atoms with van der Waals surface area (Å²) in [6.45, 7) is 3.51.